The van der Waals surface area contributed by atoms with E-state index in [1.54, 1.807) is 6.08 Å². The molecule has 0 aliphatic heterocycles. The molecule has 0 saturated heterocycles. The Bertz CT molecular complexity index is 1480. The summed E-state index contributed by atoms with van der Waals surface area (Å²) in [6, 6.07) is -0.918. The molecule has 0 aromatic rings. The lowest BCUT2D eigenvalue weighted by molar-refractivity contribution is -0.870. The fourth-order valence-electron chi connectivity index (χ4n) is 6.58. The molecule has 0 bridgehead atoms. The van der Waals surface area contributed by atoms with Crippen molar-refractivity contribution >= 4 is 13.7 Å². The van der Waals surface area contributed by atoms with Crippen molar-refractivity contribution in [2.24, 2.45) is 0 Å². The number of hydrogen-bond acceptors (Lipinski definition) is 6. The third kappa shape index (κ3) is 48.8. The van der Waals surface area contributed by atoms with Gasteiger partial charge in [0.25, 0.3) is 7.82 Å². The second-order valence-electron chi connectivity index (χ2n) is 18.1. The van der Waals surface area contributed by atoms with E-state index in [1.165, 1.54) is 51.4 Å². The number of carbonyl (C=O) groups excluding carboxylic acids is 1. The van der Waals surface area contributed by atoms with E-state index >= 15 is 0 Å². The number of hydrogen-bond donors (Lipinski definition) is 2. The molecule has 376 valence electrons. The van der Waals surface area contributed by atoms with Gasteiger partial charge in [-0.05, 0) is 96.3 Å². The molecule has 0 saturated carbocycles. The van der Waals surface area contributed by atoms with Crippen LogP contribution in [0.1, 0.15) is 181 Å². The number of likely N-dealkylation sites (N-methyl/N-ethyl adjacent to an activating group) is 1. The van der Waals surface area contributed by atoms with Crippen LogP contribution in [0.5, 0.6) is 0 Å². The highest BCUT2D eigenvalue weighted by Crippen LogP contribution is 2.38. The molecule has 0 radical (unpaired) electrons. The third-order valence-electron chi connectivity index (χ3n) is 10.6. The summed E-state index contributed by atoms with van der Waals surface area (Å²) in [5, 5.41) is 13.7. The Kier molecular flexibility index (Phi) is 44.8. The number of allylic oxidation sites excluding steroid dienone is 19. The summed E-state index contributed by atoms with van der Waals surface area (Å²) >= 11 is 0. The van der Waals surface area contributed by atoms with Gasteiger partial charge in [-0.25, -0.2) is 0 Å². The van der Waals surface area contributed by atoms with Crippen LogP contribution < -0.4 is 10.2 Å². The molecule has 0 aromatic carbocycles. The topological polar surface area (TPSA) is 108 Å². The van der Waals surface area contributed by atoms with Crippen molar-refractivity contribution in [3.63, 3.8) is 0 Å². The summed E-state index contributed by atoms with van der Waals surface area (Å²) in [5.41, 5.74) is 0. The summed E-state index contributed by atoms with van der Waals surface area (Å²) in [6.07, 6.45) is 69.9. The van der Waals surface area contributed by atoms with E-state index in [-0.39, 0.29) is 12.5 Å². The van der Waals surface area contributed by atoms with Gasteiger partial charge in [0, 0.05) is 6.42 Å². The summed E-state index contributed by atoms with van der Waals surface area (Å²) in [6.45, 7) is 4.40. The highest BCUT2D eigenvalue weighted by atomic mass is 31.2. The zero-order chi connectivity index (χ0) is 48.5. The van der Waals surface area contributed by atoms with E-state index in [0.29, 0.717) is 17.4 Å². The normalized spacial score (nSPS) is 15.1. The van der Waals surface area contributed by atoms with Crippen molar-refractivity contribution in [1.29, 1.82) is 0 Å². The predicted octanol–water partition coefficient (Wildman–Crippen LogP) is 14.8. The van der Waals surface area contributed by atoms with Gasteiger partial charge in [0.1, 0.15) is 13.2 Å². The van der Waals surface area contributed by atoms with E-state index in [4.69, 9.17) is 9.05 Å². The van der Waals surface area contributed by atoms with E-state index in [0.717, 1.165) is 109 Å². The number of nitrogens with zero attached hydrogens (tertiary/aromatic N) is 1. The minimum Gasteiger partial charge on any atom is -0.756 e. The Labute approximate surface area is 405 Å². The first kappa shape index (κ1) is 62.9. The molecule has 0 aliphatic rings. The van der Waals surface area contributed by atoms with Gasteiger partial charge in [0.2, 0.25) is 5.91 Å². The number of unbranched alkanes of at least 4 members (excludes halogenated alkanes) is 14. The van der Waals surface area contributed by atoms with Gasteiger partial charge < -0.3 is 28.8 Å². The van der Waals surface area contributed by atoms with Crippen LogP contribution in [0.2, 0.25) is 0 Å². The van der Waals surface area contributed by atoms with E-state index < -0.39 is 26.6 Å². The first-order chi connectivity index (χ1) is 32.0. The first-order valence-corrected chi connectivity index (χ1v) is 27.4. The molecule has 1 amide bonds. The van der Waals surface area contributed by atoms with Crippen LogP contribution in [0.4, 0.5) is 0 Å². The van der Waals surface area contributed by atoms with Gasteiger partial charge in [-0.15, -0.1) is 0 Å². The predicted molar refractivity (Wildman–Crippen MR) is 283 cm³/mol. The average Bonchev–Trinajstić information content (AvgIpc) is 3.28. The van der Waals surface area contributed by atoms with Gasteiger partial charge >= 0.3 is 0 Å². The molecule has 2 N–H and O–H groups in total. The standard InChI is InChI=1S/C57H97N2O6P/c1-6-8-10-12-14-16-18-19-20-21-22-23-24-25-26-27-28-29-30-31-32-33-34-35-36-37-38-39-41-43-45-47-49-51-57(61)58-55(54-65-66(62,63)64-53-52-59(3,4)5)56(60)50-48-46-44-42-40-17-15-13-11-9-7-2/h8,10-11,13-14,16,19-20,22-23,25-26,28-29,31-32,40,42,48,50,55-56,60H,6-7,9,12,15,17-18,21,24,27,30,33-39,41,43-47,49,51-54H2,1-5H3,(H-,58,61,62,63)/b10-8-,13-11+,16-14-,20-19-,23-22-,26-25-,29-28-,32-31-,42-40+,50-48+. The van der Waals surface area contributed by atoms with Crippen LogP contribution in [0.3, 0.4) is 0 Å². The fourth-order valence-corrected chi connectivity index (χ4v) is 7.31. The Hall–Kier alpha value is -3.10. The van der Waals surface area contributed by atoms with Crippen LogP contribution >= 0.6 is 7.82 Å². The Morgan fingerprint density at radius 2 is 0.939 bits per heavy atom. The van der Waals surface area contributed by atoms with E-state index in [1.807, 2.05) is 27.2 Å². The van der Waals surface area contributed by atoms with Crippen molar-refractivity contribution in [2.75, 3.05) is 40.9 Å². The molecule has 8 nitrogen and oxygen atoms in total. The molecule has 0 fully saturated rings. The minimum atomic E-state index is -4.61. The first-order valence-electron chi connectivity index (χ1n) is 25.9. The van der Waals surface area contributed by atoms with Crippen LogP contribution in [-0.4, -0.2) is 68.5 Å². The molecule has 66 heavy (non-hydrogen) atoms. The van der Waals surface area contributed by atoms with Crippen molar-refractivity contribution < 1.29 is 32.9 Å². The van der Waals surface area contributed by atoms with Crippen LogP contribution in [-0.2, 0) is 18.4 Å². The summed E-state index contributed by atoms with van der Waals surface area (Å²) in [4.78, 5) is 25.3. The average molecular weight is 937 g/mol. The number of carbonyl (C=O) groups is 1. The largest absolute Gasteiger partial charge is 0.756 e. The van der Waals surface area contributed by atoms with E-state index in [9.17, 15) is 19.4 Å². The Morgan fingerprint density at radius 1 is 0.545 bits per heavy atom. The van der Waals surface area contributed by atoms with Crippen molar-refractivity contribution in [3.05, 3.63) is 122 Å². The molecule has 0 aliphatic carbocycles. The molecule has 3 atom stereocenters. The summed E-state index contributed by atoms with van der Waals surface area (Å²) < 4.78 is 23.2. The van der Waals surface area contributed by atoms with Gasteiger partial charge in [-0.3, -0.25) is 9.36 Å². The lowest BCUT2D eigenvalue weighted by Crippen LogP contribution is -2.45. The monoisotopic (exact) mass is 937 g/mol. The minimum absolute atomic E-state index is 0.0158. The van der Waals surface area contributed by atoms with Gasteiger partial charge in [-0.1, -0.05) is 200 Å². The smallest absolute Gasteiger partial charge is 0.268 e. The van der Waals surface area contributed by atoms with Crippen molar-refractivity contribution in [3.8, 4) is 0 Å². The molecule has 0 aromatic heterocycles. The lowest BCUT2D eigenvalue weighted by atomic mass is 10.0. The molecular weight excluding hydrogens is 840 g/mol. The molecule has 0 rings (SSSR count). The van der Waals surface area contributed by atoms with Crippen LogP contribution in [0.25, 0.3) is 0 Å². The zero-order valence-corrected chi connectivity index (χ0v) is 43.5. The zero-order valence-electron chi connectivity index (χ0n) is 42.6. The molecule has 3 unspecified atom stereocenters. The lowest BCUT2D eigenvalue weighted by Gasteiger charge is -2.29. The van der Waals surface area contributed by atoms with E-state index in [2.05, 4.69) is 129 Å². The Balaban J connectivity index is 4.15. The SMILES string of the molecule is CC/C=C\C/C=C\C/C=C\C/C=C\C/C=C\C/C=C\C/C=C\CCCCCCCCCCCCCC(=O)NC(COP(=O)([O-])OCC[N+](C)(C)C)C(O)/C=C/CC/C=C/CC/C=C/CCC. The number of aliphatic hydroxyl groups is 1. The second kappa shape index (κ2) is 47.0. The maximum Gasteiger partial charge on any atom is 0.268 e. The quantitative estimate of drug-likeness (QED) is 0.0273. The number of phosphoric ester groups is 1. The Morgan fingerprint density at radius 3 is 1.39 bits per heavy atom. The third-order valence-corrected chi connectivity index (χ3v) is 11.6. The molecule has 0 heterocycles. The number of aliphatic hydroxyl groups excluding tert-OH is 1. The number of nitrogens with one attached hydrogen (secondary N) is 1. The highest BCUT2D eigenvalue weighted by molar-refractivity contribution is 7.45. The van der Waals surface area contributed by atoms with Gasteiger partial charge in [0.15, 0.2) is 0 Å². The number of amides is 1. The second-order valence-corrected chi connectivity index (χ2v) is 19.5. The van der Waals surface area contributed by atoms with Crippen LogP contribution in [0, 0.1) is 0 Å². The number of quaternary nitrogens is 1. The maximum atomic E-state index is 12.9. The van der Waals surface area contributed by atoms with Gasteiger partial charge in [0.05, 0.1) is 39.9 Å². The molecular formula is C57H97N2O6P. The number of phosphoric acid groups is 1. The van der Waals surface area contributed by atoms with Crippen molar-refractivity contribution in [2.45, 2.75) is 193 Å². The van der Waals surface area contributed by atoms with Crippen LogP contribution in [0.15, 0.2) is 122 Å². The highest BCUT2D eigenvalue weighted by Gasteiger charge is 2.23. The molecule has 9 heteroatoms. The summed E-state index contributed by atoms with van der Waals surface area (Å²) in [7, 11) is 1.21. The van der Waals surface area contributed by atoms with Crippen molar-refractivity contribution in [1.82, 2.24) is 5.32 Å². The molecule has 0 spiro atoms. The fraction of sp³-hybridized carbons (Fsp3) is 0.632. The van der Waals surface area contributed by atoms with Gasteiger partial charge in [-0.2, -0.15) is 0 Å². The maximum absolute atomic E-state index is 12.9. The summed E-state index contributed by atoms with van der Waals surface area (Å²) in [5.74, 6) is -0.223. The number of rotatable bonds is 45.